The minimum atomic E-state index is -1.01. The lowest BCUT2D eigenvalue weighted by Gasteiger charge is -2.29. The van der Waals surface area contributed by atoms with Crippen LogP contribution in [0.1, 0.15) is 88.5 Å². The van der Waals surface area contributed by atoms with Gasteiger partial charge in [0.25, 0.3) is 11.8 Å². The van der Waals surface area contributed by atoms with Crippen LogP contribution < -0.4 is 16.0 Å². The number of amides is 5. The summed E-state index contributed by atoms with van der Waals surface area (Å²) in [7, 11) is 0. The summed E-state index contributed by atoms with van der Waals surface area (Å²) in [6.07, 6.45) is 2.32. The van der Waals surface area contributed by atoms with Crippen molar-refractivity contribution in [3.8, 4) is 22.6 Å². The Morgan fingerprint density at radius 3 is 1.88 bits per heavy atom. The number of rotatable bonds is 13. The molecule has 0 radical (unpaired) electrons. The molecule has 65 heavy (non-hydrogen) atoms. The van der Waals surface area contributed by atoms with E-state index in [4.69, 9.17) is 18.9 Å². The van der Waals surface area contributed by atoms with E-state index >= 15 is 0 Å². The molecular formula is C50H53N7O8. The number of H-pyrrole nitrogens is 1. The van der Waals surface area contributed by atoms with E-state index in [1.807, 2.05) is 72.8 Å². The highest BCUT2D eigenvalue weighted by Gasteiger charge is 2.39. The Balaban J connectivity index is 0.927. The Morgan fingerprint density at radius 2 is 1.26 bits per heavy atom. The molecule has 4 N–H and O–H groups in total. The smallest absolute Gasteiger partial charge is 0.408 e. The minimum absolute atomic E-state index is 0.235. The molecule has 0 spiro atoms. The fourth-order valence-electron chi connectivity index (χ4n) is 8.50. The number of furan rings is 1. The molecule has 4 heterocycles. The van der Waals surface area contributed by atoms with Crippen molar-refractivity contribution in [1.29, 1.82) is 0 Å². The second-order valence-electron chi connectivity index (χ2n) is 16.9. The number of alkyl carbamates (subject to hydrolysis) is 2. The predicted molar refractivity (Wildman–Crippen MR) is 244 cm³/mol. The number of nitrogens with zero attached hydrogens (tertiary/aromatic N) is 3. The van der Waals surface area contributed by atoms with Crippen LogP contribution in [0.15, 0.2) is 120 Å². The predicted octanol–water partition coefficient (Wildman–Crippen LogP) is 8.83. The van der Waals surface area contributed by atoms with Gasteiger partial charge in [-0.2, -0.15) is 0 Å². The molecule has 336 valence electrons. The van der Waals surface area contributed by atoms with E-state index in [0.717, 1.165) is 28.6 Å². The third-order valence-electron chi connectivity index (χ3n) is 11.5. The monoisotopic (exact) mass is 879 g/mol. The van der Waals surface area contributed by atoms with E-state index < -0.39 is 30.3 Å². The Bertz CT molecular complexity index is 2640. The Labute approximate surface area is 376 Å². The maximum absolute atomic E-state index is 14.1. The number of benzene rings is 4. The number of hydrogen-bond acceptors (Lipinski definition) is 9. The molecule has 2 aliphatic rings. The largest absolute Gasteiger partial charge is 0.456 e. The molecule has 15 nitrogen and oxygen atoms in total. The van der Waals surface area contributed by atoms with Crippen molar-refractivity contribution in [1.82, 2.24) is 30.4 Å². The normalized spacial score (nSPS) is 17.0. The SMILES string of the molecule is CC(C)OC(=O)N[C@@H](C(=O)N1CCC[C@H]1C(=O)Nc1ccc(-c2cc3cc(-c4cnc([C@@H]5CCCN5C(=O)[C@H](NC(=O)OC(C)C)c5ccccc5)[nH]4)ccc3o2)cc1)c1ccccc1. The summed E-state index contributed by atoms with van der Waals surface area (Å²) in [5.74, 6) is 0.366. The lowest BCUT2D eigenvalue weighted by atomic mass is 10.0. The maximum atomic E-state index is 14.1. The van der Waals surface area contributed by atoms with Crippen LogP contribution in [0, 0.1) is 0 Å². The van der Waals surface area contributed by atoms with Gasteiger partial charge in [0.05, 0.1) is 30.1 Å². The van der Waals surface area contributed by atoms with E-state index in [1.165, 1.54) is 4.90 Å². The Morgan fingerprint density at radius 1 is 0.692 bits per heavy atom. The van der Waals surface area contributed by atoms with Gasteiger partial charge in [0.2, 0.25) is 5.91 Å². The molecule has 8 rings (SSSR count). The summed E-state index contributed by atoms with van der Waals surface area (Å²) in [6.45, 7) is 7.87. The van der Waals surface area contributed by atoms with Gasteiger partial charge in [-0.1, -0.05) is 60.7 Å². The van der Waals surface area contributed by atoms with Crippen LogP contribution >= 0.6 is 0 Å². The number of carbonyl (C=O) groups excluding carboxylic acids is 5. The van der Waals surface area contributed by atoms with Crippen molar-refractivity contribution in [3.05, 3.63) is 132 Å². The Kier molecular flexibility index (Phi) is 13.3. The van der Waals surface area contributed by atoms with Gasteiger partial charge in [0, 0.05) is 35.3 Å². The van der Waals surface area contributed by atoms with Gasteiger partial charge in [0.1, 0.15) is 35.3 Å². The summed E-state index contributed by atoms with van der Waals surface area (Å²) in [5.41, 5.74) is 4.98. The van der Waals surface area contributed by atoms with Crippen molar-refractivity contribution in [2.24, 2.45) is 0 Å². The van der Waals surface area contributed by atoms with Crippen molar-refractivity contribution in [2.45, 2.75) is 89.8 Å². The van der Waals surface area contributed by atoms with Gasteiger partial charge in [-0.25, -0.2) is 14.6 Å². The molecule has 4 atom stereocenters. The fourth-order valence-corrected chi connectivity index (χ4v) is 8.50. The molecule has 0 aliphatic carbocycles. The topological polar surface area (TPSA) is 188 Å². The van der Waals surface area contributed by atoms with Gasteiger partial charge in [-0.15, -0.1) is 0 Å². The lowest BCUT2D eigenvalue weighted by molar-refractivity contribution is -0.138. The zero-order valence-corrected chi connectivity index (χ0v) is 36.8. The highest BCUT2D eigenvalue weighted by molar-refractivity contribution is 5.99. The van der Waals surface area contributed by atoms with Gasteiger partial charge >= 0.3 is 12.2 Å². The first-order valence-electron chi connectivity index (χ1n) is 22.1. The molecule has 5 amide bonds. The standard InChI is InChI=1S/C50H53N7O8/c1-30(2)63-49(61)54-43(33-13-7-5-8-14-33)47(59)56-25-11-17-39(56)45-51-29-38(53-45)35-21-24-41-36(27-35)28-42(65-41)32-19-22-37(23-20-32)52-46(58)40-18-12-26-57(40)48(60)44(34-15-9-6-10-16-34)55-50(62)64-31(3)4/h5-10,13-16,19-24,27-31,39-40,43-44H,11-12,17-18,25-26H2,1-4H3,(H,51,53)(H,52,58)(H,54,61)(H,55,62)/t39-,40-,43+,44+/m0/s1. The number of carbonyl (C=O) groups is 5. The number of aromatic amines is 1. The van der Waals surface area contributed by atoms with Crippen molar-refractivity contribution >= 4 is 46.6 Å². The molecule has 6 aromatic rings. The van der Waals surface area contributed by atoms with Crippen molar-refractivity contribution < 1.29 is 37.9 Å². The zero-order valence-electron chi connectivity index (χ0n) is 36.8. The first-order chi connectivity index (χ1) is 31.4. The summed E-state index contributed by atoms with van der Waals surface area (Å²) < 4.78 is 16.9. The molecule has 0 bridgehead atoms. The first-order valence-corrected chi connectivity index (χ1v) is 22.1. The highest BCUT2D eigenvalue weighted by Crippen LogP contribution is 2.36. The number of imidazole rings is 1. The van der Waals surface area contributed by atoms with Crippen LogP contribution in [0.4, 0.5) is 15.3 Å². The van der Waals surface area contributed by atoms with E-state index in [9.17, 15) is 24.0 Å². The van der Waals surface area contributed by atoms with Gasteiger partial charge < -0.3 is 44.6 Å². The number of aromatic nitrogens is 2. The average molecular weight is 880 g/mol. The maximum Gasteiger partial charge on any atom is 0.408 e. The number of anilines is 1. The number of ether oxygens (including phenoxy) is 2. The van der Waals surface area contributed by atoms with E-state index in [0.29, 0.717) is 66.3 Å². The molecular weight excluding hydrogens is 827 g/mol. The fraction of sp³-hybridized carbons (Fsp3) is 0.320. The number of fused-ring (bicyclic) bond motifs is 1. The van der Waals surface area contributed by atoms with Crippen molar-refractivity contribution in [3.63, 3.8) is 0 Å². The summed E-state index contributed by atoms with van der Waals surface area (Å²) in [4.78, 5) is 78.5. The van der Waals surface area contributed by atoms with Crippen LogP contribution in [-0.4, -0.2) is 81.0 Å². The summed E-state index contributed by atoms with van der Waals surface area (Å²) in [6, 6.07) is 30.3. The lowest BCUT2D eigenvalue weighted by Crippen LogP contribution is -2.48. The van der Waals surface area contributed by atoms with E-state index in [2.05, 4.69) is 20.9 Å². The average Bonchev–Trinajstić information content (AvgIpc) is 4.14. The molecule has 15 heteroatoms. The van der Waals surface area contributed by atoms with E-state index in [-0.39, 0.29) is 36.0 Å². The minimum Gasteiger partial charge on any atom is -0.456 e. The molecule has 4 aromatic carbocycles. The number of likely N-dealkylation sites (tertiary alicyclic amines) is 2. The highest BCUT2D eigenvalue weighted by atomic mass is 16.6. The second kappa shape index (κ2) is 19.5. The van der Waals surface area contributed by atoms with E-state index in [1.54, 1.807) is 75.2 Å². The van der Waals surface area contributed by atoms with Crippen LogP contribution in [0.3, 0.4) is 0 Å². The third-order valence-corrected chi connectivity index (χ3v) is 11.5. The Hall–Kier alpha value is -7.42. The van der Waals surface area contributed by atoms with Crippen LogP contribution in [-0.2, 0) is 23.9 Å². The van der Waals surface area contributed by atoms with Crippen LogP contribution in [0.2, 0.25) is 0 Å². The molecule has 2 aromatic heterocycles. The number of nitrogens with one attached hydrogen (secondary N) is 4. The van der Waals surface area contributed by atoms with Crippen LogP contribution in [0.25, 0.3) is 33.6 Å². The van der Waals surface area contributed by atoms with Gasteiger partial charge in [0.15, 0.2) is 0 Å². The molecule has 2 aliphatic heterocycles. The summed E-state index contributed by atoms with van der Waals surface area (Å²) in [5, 5.41) is 9.33. The zero-order chi connectivity index (χ0) is 45.6. The molecule has 0 saturated carbocycles. The quantitative estimate of drug-likeness (QED) is 0.0879. The second-order valence-corrected chi connectivity index (χ2v) is 16.9. The number of hydrogen-bond donors (Lipinski definition) is 4. The summed E-state index contributed by atoms with van der Waals surface area (Å²) >= 11 is 0. The molecule has 2 saturated heterocycles. The molecule has 2 fully saturated rings. The first kappa shape index (κ1) is 44.2. The van der Waals surface area contributed by atoms with Crippen molar-refractivity contribution in [2.75, 3.05) is 18.4 Å². The molecule has 0 unspecified atom stereocenters. The van der Waals surface area contributed by atoms with Crippen LogP contribution in [0.5, 0.6) is 0 Å². The third kappa shape index (κ3) is 10.2. The van der Waals surface area contributed by atoms with Gasteiger partial charge in [-0.3, -0.25) is 14.4 Å². The van der Waals surface area contributed by atoms with Gasteiger partial charge in [-0.05, 0) is 113 Å².